The summed E-state index contributed by atoms with van der Waals surface area (Å²) in [5.41, 5.74) is 1.08. The van der Waals surface area contributed by atoms with Crippen LogP contribution in [-0.2, 0) is 11.3 Å². The largest absolute Gasteiger partial charge is 0.357 e. The summed E-state index contributed by atoms with van der Waals surface area (Å²) in [7, 11) is 2.22. The number of guanidine groups is 1. The Bertz CT molecular complexity index is 800. The molecule has 3 rings (SSSR count). The molecular weight excluding hydrogens is 521 g/mol. The van der Waals surface area contributed by atoms with Crippen molar-refractivity contribution in [1.29, 1.82) is 0 Å². The van der Waals surface area contributed by atoms with Crippen molar-refractivity contribution in [2.45, 2.75) is 32.4 Å². The summed E-state index contributed by atoms with van der Waals surface area (Å²) in [6.45, 7) is 5.41. The molecule has 0 saturated carbocycles. The molecule has 1 amide bonds. The van der Waals surface area contributed by atoms with Crippen molar-refractivity contribution in [3.63, 3.8) is 0 Å². The number of nitrogens with zero attached hydrogens (tertiary/aromatic N) is 2. The molecule has 2 heterocycles. The molecule has 8 heteroatoms. The zero-order chi connectivity index (χ0) is 21.2. The lowest BCUT2D eigenvalue weighted by molar-refractivity contribution is -0.119. The van der Waals surface area contributed by atoms with E-state index in [0.29, 0.717) is 24.5 Å². The number of hydrogen-bond donors (Lipinski definition) is 3. The third-order valence-electron chi connectivity index (χ3n) is 5.43. The van der Waals surface area contributed by atoms with Gasteiger partial charge in [-0.2, -0.15) is 0 Å². The summed E-state index contributed by atoms with van der Waals surface area (Å²) in [5, 5.41) is 11.8. The number of piperidine rings is 1. The third-order valence-corrected chi connectivity index (χ3v) is 6.37. The molecule has 170 valence electrons. The van der Waals surface area contributed by atoms with Gasteiger partial charge in [0.15, 0.2) is 5.96 Å². The maximum Gasteiger partial charge on any atom is 0.242 e. The molecule has 3 N–H and O–H groups in total. The summed E-state index contributed by atoms with van der Waals surface area (Å²) >= 11 is 1.83. The Hall–Kier alpha value is -1.65. The average Bonchev–Trinajstić information content (AvgIpc) is 3.29. The summed E-state index contributed by atoms with van der Waals surface area (Å²) in [4.78, 5) is 20.6. The molecule has 0 radical (unpaired) electrons. The second kappa shape index (κ2) is 13.7. The molecular formula is C23H34IN5OS. The van der Waals surface area contributed by atoms with E-state index in [1.807, 2.05) is 48.6 Å². The van der Waals surface area contributed by atoms with E-state index in [2.05, 4.69) is 50.4 Å². The minimum atomic E-state index is -0.0788. The Balaban J connectivity index is 0.00000341. The molecule has 2 unspecified atom stereocenters. The number of hydrogen-bond acceptors (Lipinski definition) is 4. The van der Waals surface area contributed by atoms with Crippen LogP contribution in [-0.4, -0.2) is 50.0 Å². The second-order valence-corrected chi connectivity index (χ2v) is 8.66. The van der Waals surface area contributed by atoms with Gasteiger partial charge < -0.3 is 16.0 Å². The molecule has 0 aliphatic carbocycles. The van der Waals surface area contributed by atoms with Gasteiger partial charge in [-0.05, 0) is 56.3 Å². The first-order valence-corrected chi connectivity index (χ1v) is 11.6. The molecule has 1 aliphatic heterocycles. The topological polar surface area (TPSA) is 68.8 Å². The first-order chi connectivity index (χ1) is 14.7. The van der Waals surface area contributed by atoms with Crippen LogP contribution >= 0.6 is 35.3 Å². The lowest BCUT2D eigenvalue weighted by Crippen LogP contribution is -2.45. The van der Waals surface area contributed by atoms with Crippen LogP contribution in [0.1, 0.15) is 36.2 Å². The van der Waals surface area contributed by atoms with Crippen LogP contribution in [0.15, 0.2) is 52.8 Å². The van der Waals surface area contributed by atoms with Gasteiger partial charge >= 0.3 is 0 Å². The molecule has 2 aromatic rings. The highest BCUT2D eigenvalue weighted by molar-refractivity contribution is 14.0. The smallest absolute Gasteiger partial charge is 0.242 e. The molecule has 1 saturated heterocycles. The molecule has 6 nitrogen and oxygen atoms in total. The third kappa shape index (κ3) is 8.08. The Labute approximate surface area is 206 Å². The fraction of sp³-hybridized carbons (Fsp3) is 0.478. The lowest BCUT2D eigenvalue weighted by atomic mass is 9.88. The number of rotatable bonds is 8. The van der Waals surface area contributed by atoms with Crippen LogP contribution < -0.4 is 16.0 Å². The van der Waals surface area contributed by atoms with E-state index in [1.165, 1.54) is 17.7 Å². The van der Waals surface area contributed by atoms with Gasteiger partial charge in [0.2, 0.25) is 5.91 Å². The summed E-state index contributed by atoms with van der Waals surface area (Å²) in [6.07, 6.45) is 2.40. The van der Waals surface area contributed by atoms with Gasteiger partial charge in [-0.1, -0.05) is 36.4 Å². The predicted molar refractivity (Wildman–Crippen MR) is 140 cm³/mol. The second-order valence-electron chi connectivity index (χ2n) is 7.68. The van der Waals surface area contributed by atoms with Gasteiger partial charge in [0.25, 0.3) is 0 Å². The molecule has 0 bridgehead atoms. The monoisotopic (exact) mass is 555 g/mol. The van der Waals surface area contributed by atoms with Crippen molar-refractivity contribution in [3.05, 3.63) is 58.3 Å². The highest BCUT2D eigenvalue weighted by Crippen LogP contribution is 2.36. The highest BCUT2D eigenvalue weighted by atomic mass is 127. The van der Waals surface area contributed by atoms with Crippen molar-refractivity contribution in [2.75, 3.05) is 33.2 Å². The highest BCUT2D eigenvalue weighted by Gasteiger charge is 2.31. The number of nitrogens with one attached hydrogen (secondary N) is 3. The van der Waals surface area contributed by atoms with Crippen LogP contribution in [0.3, 0.4) is 0 Å². The van der Waals surface area contributed by atoms with Crippen LogP contribution in [0.5, 0.6) is 0 Å². The molecule has 1 aromatic carbocycles. The SMILES string of the molecule is CCNC(=NCC(=O)NCc1ccccc1)NCC1CCCN(C)C1c1cccs1.I. The lowest BCUT2D eigenvalue weighted by Gasteiger charge is -2.39. The van der Waals surface area contributed by atoms with Crippen molar-refractivity contribution in [3.8, 4) is 0 Å². The zero-order valence-electron chi connectivity index (χ0n) is 18.3. The standard InChI is InChI=1S/C23H33N5OS.HI/c1-3-24-23(27-17-21(29)25-15-18-9-5-4-6-10-18)26-16-19-11-7-13-28(2)22(19)20-12-8-14-30-20;/h4-6,8-10,12,14,19,22H,3,7,11,13,15-17H2,1-2H3,(H,25,29)(H2,24,26,27);1H. The van der Waals surface area contributed by atoms with Gasteiger partial charge in [-0.25, -0.2) is 4.99 Å². The number of aliphatic imine (C=N–C) groups is 1. The quantitative estimate of drug-likeness (QED) is 0.265. The molecule has 1 fully saturated rings. The fourth-order valence-corrected chi connectivity index (χ4v) is 4.94. The van der Waals surface area contributed by atoms with Crippen molar-refractivity contribution < 1.29 is 4.79 Å². The molecule has 2 atom stereocenters. The number of likely N-dealkylation sites (tertiary alicyclic amines) is 1. The number of benzene rings is 1. The summed E-state index contributed by atoms with van der Waals surface area (Å²) in [5.74, 6) is 1.13. The molecule has 1 aliphatic rings. The van der Waals surface area contributed by atoms with Crippen LogP contribution in [0.2, 0.25) is 0 Å². The minimum Gasteiger partial charge on any atom is -0.357 e. The normalized spacial score (nSPS) is 19.4. The van der Waals surface area contributed by atoms with Crippen LogP contribution in [0.4, 0.5) is 0 Å². The Morgan fingerprint density at radius 1 is 1.16 bits per heavy atom. The van der Waals surface area contributed by atoms with E-state index >= 15 is 0 Å². The molecule has 31 heavy (non-hydrogen) atoms. The van der Waals surface area contributed by atoms with Gasteiger partial charge in [0, 0.05) is 30.6 Å². The van der Waals surface area contributed by atoms with E-state index in [9.17, 15) is 4.79 Å². The number of thiophene rings is 1. The number of carbonyl (C=O) groups excluding carboxylic acids is 1. The van der Waals surface area contributed by atoms with E-state index in [0.717, 1.165) is 25.2 Å². The van der Waals surface area contributed by atoms with Crippen LogP contribution in [0, 0.1) is 5.92 Å². The predicted octanol–water partition coefficient (Wildman–Crippen LogP) is 3.62. The van der Waals surface area contributed by atoms with Crippen molar-refractivity contribution in [2.24, 2.45) is 10.9 Å². The van der Waals surface area contributed by atoms with E-state index in [1.54, 1.807) is 0 Å². The first kappa shape index (κ1) is 25.6. The summed E-state index contributed by atoms with van der Waals surface area (Å²) < 4.78 is 0. The number of halogens is 1. The first-order valence-electron chi connectivity index (χ1n) is 10.7. The maximum atomic E-state index is 12.2. The van der Waals surface area contributed by atoms with Gasteiger partial charge in [-0.3, -0.25) is 9.69 Å². The van der Waals surface area contributed by atoms with Crippen LogP contribution in [0.25, 0.3) is 0 Å². The molecule has 0 spiro atoms. The Morgan fingerprint density at radius 3 is 2.68 bits per heavy atom. The minimum absolute atomic E-state index is 0. The van der Waals surface area contributed by atoms with Gasteiger partial charge in [0.1, 0.15) is 6.54 Å². The number of carbonyl (C=O) groups is 1. The van der Waals surface area contributed by atoms with Crippen molar-refractivity contribution in [1.82, 2.24) is 20.9 Å². The summed E-state index contributed by atoms with van der Waals surface area (Å²) in [6, 6.07) is 14.7. The Kier molecular flexibility index (Phi) is 11.3. The molecule has 1 aromatic heterocycles. The number of amides is 1. The zero-order valence-corrected chi connectivity index (χ0v) is 21.5. The van der Waals surface area contributed by atoms with E-state index in [4.69, 9.17) is 0 Å². The van der Waals surface area contributed by atoms with Gasteiger partial charge in [0.05, 0.1) is 0 Å². The van der Waals surface area contributed by atoms with Gasteiger partial charge in [-0.15, -0.1) is 35.3 Å². The van der Waals surface area contributed by atoms with E-state index < -0.39 is 0 Å². The average molecular weight is 556 g/mol. The fourth-order valence-electron chi connectivity index (χ4n) is 3.96. The van der Waals surface area contributed by atoms with Crippen molar-refractivity contribution >= 4 is 47.2 Å². The van der Waals surface area contributed by atoms with E-state index in [-0.39, 0.29) is 36.4 Å². The Morgan fingerprint density at radius 2 is 1.97 bits per heavy atom. The maximum absolute atomic E-state index is 12.2.